The zero-order valence-electron chi connectivity index (χ0n) is 13.5. The minimum absolute atomic E-state index is 0.0485. The summed E-state index contributed by atoms with van der Waals surface area (Å²) in [5.41, 5.74) is 11.6. The molecule has 1 heterocycles. The molecule has 1 amide bonds. The monoisotopic (exact) mass is 333 g/mol. The SMILES string of the molecule is CC(C)N(CC(N)=O)Cc1nc(N)nc(Nc2ccc(F)cc2)n1. The Morgan fingerprint density at radius 1 is 1.25 bits per heavy atom. The second-order valence-electron chi connectivity index (χ2n) is 5.53. The Morgan fingerprint density at radius 3 is 2.50 bits per heavy atom. The summed E-state index contributed by atoms with van der Waals surface area (Å²) >= 11 is 0. The molecule has 0 bridgehead atoms. The summed E-state index contributed by atoms with van der Waals surface area (Å²) in [5.74, 6) is -0.0767. The Hall–Kier alpha value is -2.81. The first-order valence-corrected chi connectivity index (χ1v) is 7.39. The summed E-state index contributed by atoms with van der Waals surface area (Å²) in [7, 11) is 0. The molecule has 0 saturated heterocycles. The van der Waals surface area contributed by atoms with E-state index in [0.29, 0.717) is 18.1 Å². The third-order valence-corrected chi connectivity index (χ3v) is 3.23. The first-order valence-electron chi connectivity index (χ1n) is 7.39. The van der Waals surface area contributed by atoms with Crippen molar-refractivity contribution in [1.29, 1.82) is 0 Å². The van der Waals surface area contributed by atoms with Crippen LogP contribution in [0.15, 0.2) is 24.3 Å². The summed E-state index contributed by atoms with van der Waals surface area (Å²) in [5, 5.41) is 2.94. The Bertz CT molecular complexity index is 705. The maximum atomic E-state index is 12.9. The summed E-state index contributed by atoms with van der Waals surface area (Å²) in [4.78, 5) is 25.4. The van der Waals surface area contributed by atoms with Crippen LogP contribution in [0.5, 0.6) is 0 Å². The Morgan fingerprint density at radius 2 is 1.92 bits per heavy atom. The Labute approximate surface area is 139 Å². The van der Waals surface area contributed by atoms with Crippen LogP contribution in [-0.2, 0) is 11.3 Å². The maximum absolute atomic E-state index is 12.9. The quantitative estimate of drug-likeness (QED) is 0.691. The van der Waals surface area contributed by atoms with Crippen molar-refractivity contribution in [2.75, 3.05) is 17.6 Å². The predicted molar refractivity (Wildman–Crippen MR) is 88.7 cm³/mol. The second-order valence-corrected chi connectivity index (χ2v) is 5.53. The van der Waals surface area contributed by atoms with E-state index in [0.717, 1.165) is 0 Å². The van der Waals surface area contributed by atoms with Gasteiger partial charge in [-0.3, -0.25) is 9.69 Å². The number of nitrogen functional groups attached to an aromatic ring is 1. The molecule has 5 N–H and O–H groups in total. The summed E-state index contributed by atoms with van der Waals surface area (Å²) in [6.07, 6.45) is 0. The van der Waals surface area contributed by atoms with Gasteiger partial charge >= 0.3 is 0 Å². The van der Waals surface area contributed by atoms with Crippen LogP contribution in [0.1, 0.15) is 19.7 Å². The lowest BCUT2D eigenvalue weighted by Crippen LogP contribution is -2.38. The number of primary amides is 1. The number of carbonyl (C=O) groups is 1. The van der Waals surface area contributed by atoms with E-state index in [4.69, 9.17) is 11.5 Å². The normalized spacial score (nSPS) is 11.0. The van der Waals surface area contributed by atoms with E-state index in [2.05, 4.69) is 20.3 Å². The molecule has 9 heteroatoms. The number of rotatable bonds is 7. The van der Waals surface area contributed by atoms with Crippen LogP contribution in [0.4, 0.5) is 22.0 Å². The van der Waals surface area contributed by atoms with Crippen LogP contribution in [0.2, 0.25) is 0 Å². The molecule has 0 radical (unpaired) electrons. The number of nitrogens with two attached hydrogens (primary N) is 2. The van der Waals surface area contributed by atoms with Gasteiger partial charge in [0.15, 0.2) is 0 Å². The Kier molecular flexibility index (Phi) is 5.59. The highest BCUT2D eigenvalue weighted by atomic mass is 19.1. The number of hydrogen-bond donors (Lipinski definition) is 3. The average Bonchev–Trinajstić information content (AvgIpc) is 2.48. The molecule has 1 aromatic heterocycles. The standard InChI is InChI=1S/C15H20FN7O/c1-9(2)23(7-12(17)24)8-13-20-14(18)22-15(21-13)19-11-5-3-10(16)4-6-11/h3-6,9H,7-8H2,1-2H3,(H2,17,24)(H3,18,19,20,21,22). The molecule has 128 valence electrons. The van der Waals surface area contributed by atoms with Crippen LogP contribution in [0, 0.1) is 5.82 Å². The number of nitrogens with zero attached hydrogens (tertiary/aromatic N) is 4. The Balaban J connectivity index is 2.17. The highest BCUT2D eigenvalue weighted by molar-refractivity contribution is 5.75. The second kappa shape index (κ2) is 7.64. The zero-order chi connectivity index (χ0) is 17.7. The highest BCUT2D eigenvalue weighted by Gasteiger charge is 2.15. The van der Waals surface area contributed by atoms with Gasteiger partial charge in [0.2, 0.25) is 17.8 Å². The fourth-order valence-electron chi connectivity index (χ4n) is 2.03. The number of amides is 1. The molecule has 0 unspecified atom stereocenters. The number of aromatic nitrogens is 3. The van der Waals surface area contributed by atoms with E-state index >= 15 is 0 Å². The molecule has 0 spiro atoms. The molecule has 0 fully saturated rings. The molecule has 1 aromatic carbocycles. The number of halogens is 1. The van der Waals surface area contributed by atoms with Gasteiger partial charge in [0, 0.05) is 11.7 Å². The van der Waals surface area contributed by atoms with E-state index < -0.39 is 5.91 Å². The van der Waals surface area contributed by atoms with Gasteiger partial charge in [-0.2, -0.15) is 15.0 Å². The number of benzene rings is 1. The van der Waals surface area contributed by atoms with Crippen molar-refractivity contribution < 1.29 is 9.18 Å². The van der Waals surface area contributed by atoms with Crippen LogP contribution in [-0.4, -0.2) is 38.3 Å². The van der Waals surface area contributed by atoms with Gasteiger partial charge in [-0.05, 0) is 38.1 Å². The van der Waals surface area contributed by atoms with E-state index in [1.165, 1.54) is 12.1 Å². The van der Waals surface area contributed by atoms with E-state index in [1.807, 2.05) is 18.7 Å². The molecular formula is C15H20FN7O. The minimum atomic E-state index is -0.435. The molecule has 0 atom stereocenters. The number of carbonyl (C=O) groups excluding carboxylic acids is 1. The molecule has 8 nitrogen and oxygen atoms in total. The summed E-state index contributed by atoms with van der Waals surface area (Å²) in [6.45, 7) is 4.26. The van der Waals surface area contributed by atoms with Crippen molar-refractivity contribution in [3.05, 3.63) is 35.9 Å². The average molecular weight is 333 g/mol. The van der Waals surface area contributed by atoms with Gasteiger partial charge in [0.1, 0.15) is 11.6 Å². The van der Waals surface area contributed by atoms with Crippen molar-refractivity contribution in [3.8, 4) is 0 Å². The fraction of sp³-hybridized carbons (Fsp3) is 0.333. The smallest absolute Gasteiger partial charge is 0.232 e. The van der Waals surface area contributed by atoms with Crippen LogP contribution in [0.25, 0.3) is 0 Å². The largest absolute Gasteiger partial charge is 0.369 e. The molecule has 0 aliphatic heterocycles. The molecule has 0 saturated carbocycles. The lowest BCUT2D eigenvalue weighted by molar-refractivity contribution is -0.119. The fourth-order valence-corrected chi connectivity index (χ4v) is 2.03. The van der Waals surface area contributed by atoms with E-state index in [1.54, 1.807) is 12.1 Å². The molecule has 2 rings (SSSR count). The van der Waals surface area contributed by atoms with E-state index in [-0.39, 0.29) is 30.3 Å². The number of anilines is 3. The van der Waals surface area contributed by atoms with Crippen LogP contribution in [0.3, 0.4) is 0 Å². The van der Waals surface area contributed by atoms with Gasteiger partial charge < -0.3 is 16.8 Å². The van der Waals surface area contributed by atoms with Gasteiger partial charge in [0.05, 0.1) is 13.1 Å². The third-order valence-electron chi connectivity index (χ3n) is 3.23. The lowest BCUT2D eigenvalue weighted by atomic mass is 10.3. The maximum Gasteiger partial charge on any atom is 0.232 e. The first kappa shape index (κ1) is 17.5. The number of hydrogen-bond acceptors (Lipinski definition) is 7. The van der Waals surface area contributed by atoms with Gasteiger partial charge in [-0.15, -0.1) is 0 Å². The predicted octanol–water partition coefficient (Wildman–Crippen LogP) is 1.03. The third kappa shape index (κ3) is 5.13. The number of nitrogens with one attached hydrogen (secondary N) is 1. The van der Waals surface area contributed by atoms with Gasteiger partial charge in [-0.1, -0.05) is 0 Å². The van der Waals surface area contributed by atoms with Crippen molar-refractivity contribution in [2.24, 2.45) is 5.73 Å². The molecule has 0 aliphatic rings. The zero-order valence-corrected chi connectivity index (χ0v) is 13.5. The van der Waals surface area contributed by atoms with Crippen molar-refractivity contribution in [2.45, 2.75) is 26.4 Å². The van der Waals surface area contributed by atoms with Gasteiger partial charge in [-0.25, -0.2) is 4.39 Å². The molecular weight excluding hydrogens is 313 g/mol. The summed E-state index contributed by atoms with van der Waals surface area (Å²) in [6, 6.07) is 5.83. The molecule has 24 heavy (non-hydrogen) atoms. The molecule has 2 aromatic rings. The van der Waals surface area contributed by atoms with Crippen molar-refractivity contribution >= 4 is 23.5 Å². The van der Waals surface area contributed by atoms with Crippen molar-refractivity contribution in [3.63, 3.8) is 0 Å². The summed E-state index contributed by atoms with van der Waals surface area (Å²) < 4.78 is 12.9. The minimum Gasteiger partial charge on any atom is -0.369 e. The van der Waals surface area contributed by atoms with Crippen LogP contribution < -0.4 is 16.8 Å². The van der Waals surface area contributed by atoms with Crippen LogP contribution >= 0.6 is 0 Å². The van der Waals surface area contributed by atoms with Gasteiger partial charge in [0.25, 0.3) is 0 Å². The topological polar surface area (TPSA) is 123 Å². The van der Waals surface area contributed by atoms with E-state index in [9.17, 15) is 9.18 Å². The lowest BCUT2D eigenvalue weighted by Gasteiger charge is -2.24. The first-order chi connectivity index (χ1) is 11.3. The molecule has 0 aliphatic carbocycles. The van der Waals surface area contributed by atoms with Crippen molar-refractivity contribution in [1.82, 2.24) is 19.9 Å². The highest BCUT2D eigenvalue weighted by Crippen LogP contribution is 2.15.